The summed E-state index contributed by atoms with van der Waals surface area (Å²) in [5.74, 6) is 0.161. The average Bonchev–Trinajstić information content (AvgIpc) is 2.17. The molecule has 0 saturated carbocycles. The number of carbonyl (C=O) groups is 1. The Morgan fingerprint density at radius 2 is 2.13 bits per heavy atom. The van der Waals surface area contributed by atoms with Gasteiger partial charge in [-0.05, 0) is 46.5 Å². The van der Waals surface area contributed by atoms with Crippen molar-refractivity contribution in [3.63, 3.8) is 0 Å². The van der Waals surface area contributed by atoms with Gasteiger partial charge in [0.1, 0.15) is 0 Å². The standard InChI is InChI=1S/C12H24N2O/c1-5-12(3,4)14-11(15)10-8-6-7-9(2)13-10/h9-10,13H,5-8H2,1-4H3,(H,14,15). The van der Waals surface area contributed by atoms with Gasteiger partial charge in [-0.25, -0.2) is 0 Å². The van der Waals surface area contributed by atoms with Crippen molar-refractivity contribution < 1.29 is 4.79 Å². The third-order valence-corrected chi connectivity index (χ3v) is 3.28. The van der Waals surface area contributed by atoms with Crippen LogP contribution >= 0.6 is 0 Å². The van der Waals surface area contributed by atoms with E-state index in [1.807, 2.05) is 0 Å². The van der Waals surface area contributed by atoms with E-state index in [9.17, 15) is 4.79 Å². The van der Waals surface area contributed by atoms with Crippen molar-refractivity contribution in [3.8, 4) is 0 Å². The van der Waals surface area contributed by atoms with Gasteiger partial charge in [0.15, 0.2) is 0 Å². The molecule has 2 unspecified atom stereocenters. The Balaban J connectivity index is 2.46. The maximum absolute atomic E-state index is 11.9. The highest BCUT2D eigenvalue weighted by atomic mass is 16.2. The number of carbonyl (C=O) groups excluding carboxylic acids is 1. The molecule has 1 aliphatic heterocycles. The molecule has 1 fully saturated rings. The molecule has 1 amide bonds. The Morgan fingerprint density at radius 1 is 1.47 bits per heavy atom. The van der Waals surface area contributed by atoms with Crippen LogP contribution in [0.5, 0.6) is 0 Å². The van der Waals surface area contributed by atoms with E-state index in [2.05, 4.69) is 38.3 Å². The van der Waals surface area contributed by atoms with Crippen LogP contribution in [0, 0.1) is 0 Å². The lowest BCUT2D eigenvalue weighted by Gasteiger charge is -2.32. The molecule has 0 aliphatic carbocycles. The zero-order valence-corrected chi connectivity index (χ0v) is 10.4. The maximum Gasteiger partial charge on any atom is 0.237 e. The summed E-state index contributed by atoms with van der Waals surface area (Å²) < 4.78 is 0. The van der Waals surface area contributed by atoms with Crippen molar-refractivity contribution in [1.29, 1.82) is 0 Å². The highest BCUT2D eigenvalue weighted by Crippen LogP contribution is 2.14. The largest absolute Gasteiger partial charge is 0.350 e. The van der Waals surface area contributed by atoms with Crippen LogP contribution in [0.1, 0.15) is 53.4 Å². The molecule has 3 heteroatoms. The molecule has 0 spiro atoms. The number of hydrogen-bond donors (Lipinski definition) is 2. The lowest BCUT2D eigenvalue weighted by atomic mass is 9.96. The molecule has 2 N–H and O–H groups in total. The van der Waals surface area contributed by atoms with E-state index in [1.165, 1.54) is 6.42 Å². The molecule has 0 aromatic heterocycles. The van der Waals surface area contributed by atoms with Crippen molar-refractivity contribution in [3.05, 3.63) is 0 Å². The zero-order valence-electron chi connectivity index (χ0n) is 10.4. The van der Waals surface area contributed by atoms with Crippen LogP contribution in [-0.2, 0) is 4.79 Å². The first-order valence-corrected chi connectivity index (χ1v) is 6.02. The van der Waals surface area contributed by atoms with Gasteiger partial charge >= 0.3 is 0 Å². The van der Waals surface area contributed by atoms with E-state index < -0.39 is 0 Å². The van der Waals surface area contributed by atoms with Gasteiger partial charge in [-0.15, -0.1) is 0 Å². The molecular weight excluding hydrogens is 188 g/mol. The van der Waals surface area contributed by atoms with E-state index in [0.717, 1.165) is 19.3 Å². The van der Waals surface area contributed by atoms with Crippen molar-refractivity contribution in [1.82, 2.24) is 10.6 Å². The molecule has 0 aromatic carbocycles. The Bertz CT molecular complexity index is 226. The third kappa shape index (κ3) is 3.82. The van der Waals surface area contributed by atoms with Crippen molar-refractivity contribution in [2.75, 3.05) is 0 Å². The fourth-order valence-electron chi connectivity index (χ4n) is 1.85. The number of nitrogens with one attached hydrogen (secondary N) is 2. The van der Waals surface area contributed by atoms with Crippen LogP contribution in [0.25, 0.3) is 0 Å². The minimum atomic E-state index is -0.0839. The minimum absolute atomic E-state index is 0.0135. The van der Waals surface area contributed by atoms with Crippen LogP contribution in [-0.4, -0.2) is 23.5 Å². The monoisotopic (exact) mass is 212 g/mol. The minimum Gasteiger partial charge on any atom is -0.350 e. The number of piperidine rings is 1. The summed E-state index contributed by atoms with van der Waals surface area (Å²) in [7, 11) is 0. The van der Waals surface area contributed by atoms with E-state index in [4.69, 9.17) is 0 Å². The van der Waals surface area contributed by atoms with E-state index in [0.29, 0.717) is 6.04 Å². The van der Waals surface area contributed by atoms with Gasteiger partial charge in [0.25, 0.3) is 0 Å². The molecule has 0 radical (unpaired) electrons. The third-order valence-electron chi connectivity index (χ3n) is 3.28. The van der Waals surface area contributed by atoms with Crippen LogP contribution in [0.3, 0.4) is 0 Å². The molecule has 1 saturated heterocycles. The maximum atomic E-state index is 11.9. The molecule has 3 nitrogen and oxygen atoms in total. The fourth-order valence-corrected chi connectivity index (χ4v) is 1.85. The fraction of sp³-hybridized carbons (Fsp3) is 0.917. The summed E-state index contributed by atoms with van der Waals surface area (Å²) >= 11 is 0. The first kappa shape index (κ1) is 12.5. The quantitative estimate of drug-likeness (QED) is 0.749. The molecule has 1 rings (SSSR count). The Morgan fingerprint density at radius 3 is 2.67 bits per heavy atom. The SMILES string of the molecule is CCC(C)(C)NC(=O)C1CCCC(C)N1. The van der Waals surface area contributed by atoms with Crippen LogP contribution in [0.15, 0.2) is 0 Å². The number of hydrogen-bond acceptors (Lipinski definition) is 2. The van der Waals surface area contributed by atoms with E-state index >= 15 is 0 Å². The van der Waals surface area contributed by atoms with E-state index in [-0.39, 0.29) is 17.5 Å². The molecule has 0 bridgehead atoms. The summed E-state index contributed by atoms with van der Waals surface area (Å²) in [5.41, 5.74) is -0.0839. The summed E-state index contributed by atoms with van der Waals surface area (Å²) in [6, 6.07) is 0.485. The topological polar surface area (TPSA) is 41.1 Å². The molecule has 1 heterocycles. The Kier molecular flexibility index (Phi) is 4.14. The van der Waals surface area contributed by atoms with Gasteiger partial charge in [-0.2, -0.15) is 0 Å². The predicted octanol–water partition coefficient (Wildman–Crippen LogP) is 1.82. The second-order valence-electron chi connectivity index (χ2n) is 5.28. The normalized spacial score (nSPS) is 27.5. The van der Waals surface area contributed by atoms with Crippen LogP contribution in [0.2, 0.25) is 0 Å². The summed E-state index contributed by atoms with van der Waals surface area (Å²) in [4.78, 5) is 11.9. The first-order chi connectivity index (χ1) is 6.94. The van der Waals surface area contributed by atoms with Crippen molar-refractivity contribution >= 4 is 5.91 Å². The Hall–Kier alpha value is -0.570. The lowest BCUT2D eigenvalue weighted by Crippen LogP contribution is -2.54. The van der Waals surface area contributed by atoms with Crippen molar-refractivity contribution in [2.24, 2.45) is 0 Å². The number of amides is 1. The van der Waals surface area contributed by atoms with E-state index in [1.54, 1.807) is 0 Å². The molecule has 1 aliphatic rings. The Labute approximate surface area is 93.0 Å². The second-order valence-corrected chi connectivity index (χ2v) is 5.28. The predicted molar refractivity (Wildman–Crippen MR) is 62.7 cm³/mol. The molecular formula is C12H24N2O. The average molecular weight is 212 g/mol. The first-order valence-electron chi connectivity index (χ1n) is 6.02. The van der Waals surface area contributed by atoms with Crippen LogP contribution < -0.4 is 10.6 Å². The molecule has 15 heavy (non-hydrogen) atoms. The van der Waals surface area contributed by atoms with Gasteiger partial charge in [0.05, 0.1) is 6.04 Å². The van der Waals surface area contributed by atoms with Gasteiger partial charge in [0, 0.05) is 11.6 Å². The summed E-state index contributed by atoms with van der Waals surface area (Å²) in [6.45, 7) is 8.37. The molecule has 2 atom stereocenters. The summed E-state index contributed by atoms with van der Waals surface area (Å²) in [6.07, 6.45) is 4.26. The van der Waals surface area contributed by atoms with Gasteiger partial charge in [-0.1, -0.05) is 6.92 Å². The van der Waals surface area contributed by atoms with Gasteiger partial charge < -0.3 is 10.6 Å². The van der Waals surface area contributed by atoms with Gasteiger partial charge in [-0.3, -0.25) is 4.79 Å². The lowest BCUT2D eigenvalue weighted by molar-refractivity contribution is -0.125. The zero-order chi connectivity index (χ0) is 11.5. The molecule has 88 valence electrons. The van der Waals surface area contributed by atoms with Gasteiger partial charge in [0.2, 0.25) is 5.91 Å². The van der Waals surface area contributed by atoms with Crippen LogP contribution in [0.4, 0.5) is 0 Å². The second kappa shape index (κ2) is 4.97. The van der Waals surface area contributed by atoms with Crippen molar-refractivity contribution in [2.45, 2.75) is 71.0 Å². The highest BCUT2D eigenvalue weighted by Gasteiger charge is 2.27. The highest BCUT2D eigenvalue weighted by molar-refractivity contribution is 5.82. The summed E-state index contributed by atoms with van der Waals surface area (Å²) in [5, 5.41) is 6.45. The smallest absolute Gasteiger partial charge is 0.237 e. The number of rotatable bonds is 3. The molecule has 0 aromatic rings.